The molecule has 2 aromatic rings. The van der Waals surface area contributed by atoms with E-state index in [4.69, 9.17) is 25.8 Å². The lowest BCUT2D eigenvalue weighted by Gasteiger charge is -2.15. The summed E-state index contributed by atoms with van der Waals surface area (Å²) in [5.74, 6) is -0.115. The molecule has 0 saturated heterocycles. The van der Waals surface area contributed by atoms with Crippen molar-refractivity contribution in [2.75, 3.05) is 19.5 Å². The van der Waals surface area contributed by atoms with E-state index in [0.717, 1.165) is 5.56 Å². The second-order valence-electron chi connectivity index (χ2n) is 5.55. The second-order valence-corrected chi connectivity index (χ2v) is 5.99. The fourth-order valence-electron chi connectivity index (χ4n) is 2.26. The Balaban J connectivity index is 2.08. The number of methoxy groups -OCH3 is 2. The van der Waals surface area contributed by atoms with Gasteiger partial charge in [0.25, 0.3) is 5.91 Å². The van der Waals surface area contributed by atoms with Gasteiger partial charge < -0.3 is 19.5 Å². The second kappa shape index (κ2) is 8.58. The van der Waals surface area contributed by atoms with Crippen LogP contribution in [0, 0.1) is 6.92 Å². The number of carbonyl (C=O) groups excluding carboxylic acids is 2. The Morgan fingerprint density at radius 3 is 2.08 bits per heavy atom. The minimum atomic E-state index is -0.989. The molecule has 1 amide bonds. The predicted molar refractivity (Wildman–Crippen MR) is 99.2 cm³/mol. The van der Waals surface area contributed by atoms with E-state index in [1.165, 1.54) is 21.1 Å². The van der Waals surface area contributed by atoms with Gasteiger partial charge in [-0.05, 0) is 50.2 Å². The van der Waals surface area contributed by atoms with E-state index in [-0.39, 0.29) is 5.56 Å². The summed E-state index contributed by atoms with van der Waals surface area (Å²) < 4.78 is 15.7. The molecule has 0 aliphatic rings. The van der Waals surface area contributed by atoms with Gasteiger partial charge in [0.1, 0.15) is 11.5 Å². The molecule has 1 N–H and O–H groups in total. The van der Waals surface area contributed by atoms with Crippen LogP contribution in [0.15, 0.2) is 36.4 Å². The number of amides is 1. The molecule has 7 heteroatoms. The van der Waals surface area contributed by atoms with E-state index in [2.05, 4.69) is 5.32 Å². The van der Waals surface area contributed by atoms with Gasteiger partial charge >= 0.3 is 5.97 Å². The van der Waals surface area contributed by atoms with Gasteiger partial charge in [-0.2, -0.15) is 0 Å². The standard InChI is InChI=1S/C19H20ClNO5/c1-11-16(24-3)9-13(10-17(11)25-4)19(23)26-12(2)18(22)21-15-7-5-14(20)6-8-15/h5-10,12H,1-4H3,(H,21,22). The molecule has 2 rings (SSSR count). The first-order valence-electron chi connectivity index (χ1n) is 7.85. The molecule has 0 aliphatic heterocycles. The topological polar surface area (TPSA) is 73.9 Å². The highest BCUT2D eigenvalue weighted by molar-refractivity contribution is 6.30. The van der Waals surface area contributed by atoms with E-state index >= 15 is 0 Å². The molecule has 1 unspecified atom stereocenters. The van der Waals surface area contributed by atoms with Crippen LogP contribution in [0.5, 0.6) is 11.5 Å². The number of ether oxygens (including phenoxy) is 3. The van der Waals surface area contributed by atoms with Crippen molar-refractivity contribution in [3.63, 3.8) is 0 Å². The molecule has 0 aromatic heterocycles. The van der Waals surface area contributed by atoms with Crippen LogP contribution in [-0.4, -0.2) is 32.2 Å². The van der Waals surface area contributed by atoms with Crippen molar-refractivity contribution in [2.45, 2.75) is 20.0 Å². The number of nitrogens with one attached hydrogen (secondary N) is 1. The summed E-state index contributed by atoms with van der Waals surface area (Å²) >= 11 is 5.81. The Labute approximate surface area is 157 Å². The summed E-state index contributed by atoms with van der Waals surface area (Å²) in [6.07, 6.45) is -0.989. The molecule has 0 bridgehead atoms. The molecule has 0 saturated carbocycles. The summed E-state index contributed by atoms with van der Waals surface area (Å²) in [5.41, 5.74) is 1.55. The number of anilines is 1. The van der Waals surface area contributed by atoms with Crippen LogP contribution in [0.2, 0.25) is 5.02 Å². The number of esters is 1. The van der Waals surface area contributed by atoms with Gasteiger partial charge in [-0.3, -0.25) is 4.79 Å². The van der Waals surface area contributed by atoms with Crippen molar-refractivity contribution in [1.29, 1.82) is 0 Å². The van der Waals surface area contributed by atoms with E-state index < -0.39 is 18.0 Å². The van der Waals surface area contributed by atoms with Gasteiger partial charge in [-0.15, -0.1) is 0 Å². The first-order chi connectivity index (χ1) is 12.3. The van der Waals surface area contributed by atoms with E-state index in [1.54, 1.807) is 36.4 Å². The minimum absolute atomic E-state index is 0.232. The average Bonchev–Trinajstić information content (AvgIpc) is 2.63. The predicted octanol–water partition coefficient (Wildman–Crippen LogP) is 3.85. The summed E-state index contributed by atoms with van der Waals surface area (Å²) in [6, 6.07) is 9.71. The number of hydrogen-bond donors (Lipinski definition) is 1. The van der Waals surface area contributed by atoms with Crippen molar-refractivity contribution >= 4 is 29.2 Å². The maximum absolute atomic E-state index is 12.4. The lowest BCUT2D eigenvalue weighted by molar-refractivity contribution is -0.123. The fourth-order valence-corrected chi connectivity index (χ4v) is 2.39. The average molecular weight is 378 g/mol. The smallest absolute Gasteiger partial charge is 0.339 e. The van der Waals surface area contributed by atoms with Crippen LogP contribution >= 0.6 is 11.6 Å². The largest absolute Gasteiger partial charge is 0.496 e. The lowest BCUT2D eigenvalue weighted by atomic mass is 10.1. The molecule has 6 nitrogen and oxygen atoms in total. The summed E-state index contributed by atoms with van der Waals surface area (Å²) in [7, 11) is 3.00. The molecule has 0 aliphatic carbocycles. The fraction of sp³-hybridized carbons (Fsp3) is 0.263. The molecule has 0 fully saturated rings. The molecular weight excluding hydrogens is 358 g/mol. The highest BCUT2D eigenvalue weighted by Crippen LogP contribution is 2.29. The SMILES string of the molecule is COc1cc(C(=O)OC(C)C(=O)Nc2ccc(Cl)cc2)cc(OC)c1C. The zero-order valence-corrected chi connectivity index (χ0v) is 15.7. The van der Waals surface area contributed by atoms with Gasteiger partial charge in [0.05, 0.1) is 19.8 Å². The van der Waals surface area contributed by atoms with Gasteiger partial charge in [0.15, 0.2) is 6.10 Å². The van der Waals surface area contributed by atoms with Crippen molar-refractivity contribution in [3.8, 4) is 11.5 Å². The Morgan fingerprint density at radius 2 is 1.58 bits per heavy atom. The van der Waals surface area contributed by atoms with Crippen molar-refractivity contribution in [2.24, 2.45) is 0 Å². The van der Waals surface area contributed by atoms with Crippen LogP contribution in [-0.2, 0) is 9.53 Å². The number of benzene rings is 2. The quantitative estimate of drug-likeness (QED) is 0.774. The van der Waals surface area contributed by atoms with Gasteiger partial charge in [0, 0.05) is 16.3 Å². The summed E-state index contributed by atoms with van der Waals surface area (Å²) in [4.78, 5) is 24.6. The Morgan fingerprint density at radius 1 is 1.04 bits per heavy atom. The van der Waals surface area contributed by atoms with Crippen LogP contribution in [0.4, 0.5) is 5.69 Å². The van der Waals surface area contributed by atoms with Crippen LogP contribution in [0.25, 0.3) is 0 Å². The van der Waals surface area contributed by atoms with Crippen LogP contribution in [0.1, 0.15) is 22.8 Å². The molecule has 0 radical (unpaired) electrons. The highest BCUT2D eigenvalue weighted by Gasteiger charge is 2.21. The number of carbonyl (C=O) groups is 2. The van der Waals surface area contributed by atoms with Gasteiger partial charge in [-0.1, -0.05) is 11.6 Å². The Hall–Kier alpha value is -2.73. The number of rotatable bonds is 6. The first kappa shape index (κ1) is 19.6. The molecule has 138 valence electrons. The monoisotopic (exact) mass is 377 g/mol. The third kappa shape index (κ3) is 4.67. The van der Waals surface area contributed by atoms with E-state index in [1.807, 2.05) is 6.92 Å². The van der Waals surface area contributed by atoms with E-state index in [0.29, 0.717) is 22.2 Å². The zero-order chi connectivity index (χ0) is 19.3. The van der Waals surface area contributed by atoms with Crippen molar-refractivity contribution in [3.05, 3.63) is 52.5 Å². The summed E-state index contributed by atoms with van der Waals surface area (Å²) in [5, 5.41) is 3.22. The molecule has 2 aromatic carbocycles. The van der Waals surface area contributed by atoms with Crippen LogP contribution < -0.4 is 14.8 Å². The molecular formula is C19H20ClNO5. The Bertz CT molecular complexity index is 779. The van der Waals surface area contributed by atoms with Crippen LogP contribution in [0.3, 0.4) is 0 Å². The van der Waals surface area contributed by atoms with Crippen molar-refractivity contribution < 1.29 is 23.8 Å². The molecule has 26 heavy (non-hydrogen) atoms. The van der Waals surface area contributed by atoms with Gasteiger partial charge in [-0.25, -0.2) is 4.79 Å². The molecule has 0 spiro atoms. The van der Waals surface area contributed by atoms with E-state index in [9.17, 15) is 9.59 Å². The third-order valence-electron chi connectivity index (χ3n) is 3.75. The normalized spacial score (nSPS) is 11.4. The number of hydrogen-bond acceptors (Lipinski definition) is 5. The minimum Gasteiger partial charge on any atom is -0.496 e. The molecule has 0 heterocycles. The lowest BCUT2D eigenvalue weighted by Crippen LogP contribution is -2.30. The number of halogens is 1. The maximum atomic E-state index is 12.4. The highest BCUT2D eigenvalue weighted by atomic mass is 35.5. The summed E-state index contributed by atoms with van der Waals surface area (Å²) in [6.45, 7) is 3.31. The maximum Gasteiger partial charge on any atom is 0.339 e. The zero-order valence-electron chi connectivity index (χ0n) is 15.0. The first-order valence-corrected chi connectivity index (χ1v) is 8.23. The third-order valence-corrected chi connectivity index (χ3v) is 4.00. The Kier molecular flexibility index (Phi) is 6.46. The van der Waals surface area contributed by atoms with Crippen molar-refractivity contribution in [1.82, 2.24) is 0 Å². The molecule has 1 atom stereocenters. The van der Waals surface area contributed by atoms with Gasteiger partial charge in [0.2, 0.25) is 0 Å².